The van der Waals surface area contributed by atoms with Gasteiger partial charge in [0.1, 0.15) is 0 Å². The van der Waals surface area contributed by atoms with Crippen LogP contribution < -0.4 is 15.5 Å². The van der Waals surface area contributed by atoms with Gasteiger partial charge in [0, 0.05) is 60.7 Å². The number of nitrogens with zero attached hydrogens (tertiary/aromatic N) is 4. The van der Waals surface area contributed by atoms with Gasteiger partial charge in [-0.15, -0.1) is 0 Å². The Kier molecular flexibility index (Phi) is 8.69. The van der Waals surface area contributed by atoms with Crippen molar-refractivity contribution in [2.45, 2.75) is 46.2 Å². The standard InChI is InChI=1S/C33H38N6OS/c1-5-37(6-2)26-15-17-27(18-16-26)39-23(3)22-28(24(39)4)32-31(29-14-10-11-20-34-29)36-33(41)38(32)21-19-30(40)35-25-12-8-7-9-13-25/h7-18,20,22,31-32H,5-6,19,21H2,1-4H3,(H,35,40)(H,36,41)/t31-,32-/m0/s1. The smallest absolute Gasteiger partial charge is 0.226 e. The van der Waals surface area contributed by atoms with E-state index in [9.17, 15) is 4.79 Å². The van der Waals surface area contributed by atoms with E-state index in [-0.39, 0.29) is 18.0 Å². The number of hydrogen-bond acceptors (Lipinski definition) is 4. The molecule has 0 saturated carbocycles. The van der Waals surface area contributed by atoms with Crippen molar-refractivity contribution in [1.82, 2.24) is 19.8 Å². The van der Waals surface area contributed by atoms with Crippen LogP contribution in [0.4, 0.5) is 11.4 Å². The summed E-state index contributed by atoms with van der Waals surface area (Å²) in [6, 6.07) is 26.3. The molecule has 41 heavy (non-hydrogen) atoms. The molecule has 2 aromatic heterocycles. The predicted octanol–water partition coefficient (Wildman–Crippen LogP) is 6.34. The summed E-state index contributed by atoms with van der Waals surface area (Å²) in [5, 5.41) is 7.15. The van der Waals surface area contributed by atoms with Crippen molar-refractivity contribution >= 4 is 34.6 Å². The minimum Gasteiger partial charge on any atom is -0.372 e. The van der Waals surface area contributed by atoms with E-state index in [0.717, 1.165) is 41.5 Å². The van der Waals surface area contributed by atoms with Crippen LogP contribution in [-0.4, -0.2) is 45.1 Å². The van der Waals surface area contributed by atoms with Crippen LogP contribution in [0.5, 0.6) is 0 Å². The third kappa shape index (κ3) is 5.98. The van der Waals surface area contributed by atoms with Crippen molar-refractivity contribution in [2.24, 2.45) is 0 Å². The maximum atomic E-state index is 12.9. The molecule has 0 bridgehead atoms. The average molecular weight is 567 g/mol. The second kappa shape index (κ2) is 12.6. The van der Waals surface area contributed by atoms with Crippen LogP contribution in [0.1, 0.15) is 55.0 Å². The summed E-state index contributed by atoms with van der Waals surface area (Å²) in [4.78, 5) is 22.0. The second-order valence-corrected chi connectivity index (χ2v) is 10.7. The first-order valence-corrected chi connectivity index (χ1v) is 14.7. The normalized spacial score (nSPS) is 16.5. The van der Waals surface area contributed by atoms with Gasteiger partial charge in [-0.1, -0.05) is 24.3 Å². The third-order valence-corrected chi connectivity index (χ3v) is 8.21. The highest BCUT2D eigenvalue weighted by atomic mass is 32.1. The largest absolute Gasteiger partial charge is 0.372 e. The number of pyridine rings is 1. The third-order valence-electron chi connectivity index (χ3n) is 7.86. The van der Waals surface area contributed by atoms with E-state index in [1.165, 1.54) is 11.3 Å². The highest BCUT2D eigenvalue weighted by molar-refractivity contribution is 7.80. The maximum Gasteiger partial charge on any atom is 0.226 e. The number of nitrogens with one attached hydrogen (secondary N) is 2. The molecule has 7 nitrogen and oxygen atoms in total. The molecule has 3 heterocycles. The molecule has 1 aliphatic heterocycles. The molecule has 4 aromatic rings. The summed E-state index contributed by atoms with van der Waals surface area (Å²) in [6.07, 6.45) is 2.13. The fourth-order valence-corrected chi connectivity index (χ4v) is 6.17. The Balaban J connectivity index is 1.46. The van der Waals surface area contributed by atoms with E-state index in [1.807, 2.05) is 54.7 Å². The number of carbonyl (C=O) groups excluding carboxylic acids is 1. The molecule has 1 aliphatic rings. The molecule has 212 valence electrons. The number of thiocarbonyl (C=S) groups is 1. The molecule has 0 aliphatic carbocycles. The van der Waals surface area contributed by atoms with Gasteiger partial charge in [0.15, 0.2) is 5.11 Å². The summed E-state index contributed by atoms with van der Waals surface area (Å²) in [5.41, 5.74) is 7.52. The highest BCUT2D eigenvalue weighted by Gasteiger charge is 2.41. The molecular weight excluding hydrogens is 528 g/mol. The monoisotopic (exact) mass is 566 g/mol. The van der Waals surface area contributed by atoms with Gasteiger partial charge in [0.2, 0.25) is 5.91 Å². The molecule has 0 unspecified atom stereocenters. The van der Waals surface area contributed by atoms with Crippen LogP contribution in [0.25, 0.3) is 5.69 Å². The Morgan fingerprint density at radius 1 is 1.00 bits per heavy atom. The Morgan fingerprint density at radius 2 is 1.71 bits per heavy atom. The van der Waals surface area contributed by atoms with E-state index in [0.29, 0.717) is 18.1 Å². The topological polar surface area (TPSA) is 65.4 Å². The number of benzene rings is 2. The van der Waals surface area contributed by atoms with Gasteiger partial charge in [-0.3, -0.25) is 9.78 Å². The van der Waals surface area contributed by atoms with Crippen molar-refractivity contribution in [3.8, 4) is 5.69 Å². The number of amides is 1. The van der Waals surface area contributed by atoms with E-state index in [1.54, 1.807) is 0 Å². The summed E-state index contributed by atoms with van der Waals surface area (Å²) in [7, 11) is 0. The molecule has 1 saturated heterocycles. The van der Waals surface area contributed by atoms with Gasteiger partial charge in [0.05, 0.1) is 17.8 Å². The number of carbonyl (C=O) groups is 1. The first kappa shape index (κ1) is 28.4. The SMILES string of the molecule is CCN(CC)c1ccc(-n2c(C)cc([C@H]3[C@H](c4ccccn4)NC(=S)N3CCC(=O)Nc3ccccc3)c2C)cc1. The molecule has 1 fully saturated rings. The van der Waals surface area contributed by atoms with Crippen LogP contribution in [0, 0.1) is 13.8 Å². The Labute approximate surface area is 248 Å². The molecule has 2 atom stereocenters. The lowest BCUT2D eigenvalue weighted by molar-refractivity contribution is -0.116. The zero-order chi connectivity index (χ0) is 28.9. The minimum absolute atomic E-state index is 0.0437. The average Bonchev–Trinajstić information content (AvgIpc) is 3.48. The van der Waals surface area contributed by atoms with Gasteiger partial charge in [-0.2, -0.15) is 0 Å². The van der Waals surface area contributed by atoms with E-state index in [2.05, 4.69) is 88.0 Å². The molecular formula is C33H38N6OS. The number of aryl methyl sites for hydroxylation is 1. The zero-order valence-electron chi connectivity index (χ0n) is 24.2. The molecule has 1 amide bonds. The first-order chi connectivity index (χ1) is 19.9. The molecule has 0 spiro atoms. The fourth-order valence-electron chi connectivity index (χ4n) is 5.84. The minimum atomic E-state index is -0.139. The second-order valence-electron chi connectivity index (χ2n) is 10.3. The number of hydrogen-bond donors (Lipinski definition) is 2. The van der Waals surface area contributed by atoms with Gasteiger partial charge in [0.25, 0.3) is 0 Å². The van der Waals surface area contributed by atoms with Gasteiger partial charge in [-0.25, -0.2) is 0 Å². The quantitative estimate of drug-likeness (QED) is 0.219. The summed E-state index contributed by atoms with van der Waals surface area (Å²) >= 11 is 5.86. The van der Waals surface area contributed by atoms with Gasteiger partial charge >= 0.3 is 0 Å². The Hall–Kier alpha value is -4.17. The summed E-state index contributed by atoms with van der Waals surface area (Å²) < 4.78 is 2.30. The summed E-state index contributed by atoms with van der Waals surface area (Å²) in [6.45, 7) is 11.1. The fraction of sp³-hybridized carbons (Fsp3) is 0.303. The van der Waals surface area contributed by atoms with Crippen LogP contribution in [0.2, 0.25) is 0 Å². The highest BCUT2D eigenvalue weighted by Crippen LogP contribution is 2.41. The van der Waals surface area contributed by atoms with Gasteiger partial charge < -0.3 is 25.0 Å². The molecule has 2 aromatic carbocycles. The van der Waals surface area contributed by atoms with Crippen LogP contribution >= 0.6 is 12.2 Å². The van der Waals surface area contributed by atoms with E-state index in [4.69, 9.17) is 12.2 Å². The predicted molar refractivity (Wildman–Crippen MR) is 171 cm³/mol. The van der Waals surface area contributed by atoms with Crippen molar-refractivity contribution < 1.29 is 4.79 Å². The van der Waals surface area contributed by atoms with Crippen molar-refractivity contribution in [3.63, 3.8) is 0 Å². The number of aromatic nitrogens is 2. The number of anilines is 2. The first-order valence-electron chi connectivity index (χ1n) is 14.3. The van der Waals surface area contributed by atoms with Crippen molar-refractivity contribution in [1.29, 1.82) is 0 Å². The lowest BCUT2D eigenvalue weighted by Gasteiger charge is -2.28. The Morgan fingerprint density at radius 3 is 2.37 bits per heavy atom. The van der Waals surface area contributed by atoms with E-state index >= 15 is 0 Å². The number of para-hydroxylation sites is 1. The molecule has 5 rings (SSSR count). The molecule has 0 radical (unpaired) electrons. The molecule has 2 N–H and O–H groups in total. The maximum absolute atomic E-state index is 12.9. The van der Waals surface area contributed by atoms with Gasteiger partial charge in [-0.05, 0) is 100 Å². The van der Waals surface area contributed by atoms with Crippen LogP contribution in [0.15, 0.2) is 85.1 Å². The van der Waals surface area contributed by atoms with E-state index < -0.39 is 0 Å². The van der Waals surface area contributed by atoms with Crippen molar-refractivity contribution in [2.75, 3.05) is 29.9 Å². The number of rotatable bonds is 10. The molecule has 8 heteroatoms. The zero-order valence-corrected chi connectivity index (χ0v) is 25.0. The lowest BCUT2D eigenvalue weighted by Crippen LogP contribution is -2.32. The summed E-state index contributed by atoms with van der Waals surface area (Å²) in [5.74, 6) is -0.0437. The van der Waals surface area contributed by atoms with Crippen molar-refractivity contribution in [3.05, 3.63) is 108 Å². The van der Waals surface area contributed by atoms with Crippen LogP contribution in [-0.2, 0) is 4.79 Å². The van der Waals surface area contributed by atoms with Crippen LogP contribution in [0.3, 0.4) is 0 Å². The lowest BCUT2D eigenvalue weighted by atomic mass is 9.96. The Bertz CT molecular complexity index is 1480.